The largest absolute Gasteiger partial charge is 0.484 e. The lowest BCUT2D eigenvalue weighted by Gasteiger charge is -2.14. The molecule has 2 aromatic heterocycles. The summed E-state index contributed by atoms with van der Waals surface area (Å²) in [5.74, 6) is 1.61. The first kappa shape index (κ1) is 22.7. The van der Waals surface area contributed by atoms with Crippen LogP contribution in [0.2, 0.25) is 5.02 Å². The number of halogens is 1. The van der Waals surface area contributed by atoms with Gasteiger partial charge in [0, 0.05) is 23.6 Å². The molecule has 33 heavy (non-hydrogen) atoms. The Morgan fingerprint density at radius 1 is 1.15 bits per heavy atom. The van der Waals surface area contributed by atoms with E-state index in [0.717, 1.165) is 24.2 Å². The van der Waals surface area contributed by atoms with Gasteiger partial charge in [-0.2, -0.15) is 0 Å². The van der Waals surface area contributed by atoms with Gasteiger partial charge in [0.25, 0.3) is 5.91 Å². The summed E-state index contributed by atoms with van der Waals surface area (Å²) in [4.78, 5) is 25.3. The monoisotopic (exact) mass is 465 g/mol. The number of hydrogen-bond donors (Lipinski definition) is 1. The van der Waals surface area contributed by atoms with Gasteiger partial charge in [-0.1, -0.05) is 23.7 Å². The fourth-order valence-electron chi connectivity index (χ4n) is 3.68. The van der Waals surface area contributed by atoms with E-state index < -0.39 is 0 Å². The summed E-state index contributed by atoms with van der Waals surface area (Å²) in [7, 11) is 0. The van der Waals surface area contributed by atoms with Gasteiger partial charge in [0.1, 0.15) is 22.9 Å². The molecule has 1 atom stereocenters. The number of aryl methyl sites for hydroxylation is 2. The molecule has 0 spiro atoms. The second-order valence-corrected chi connectivity index (χ2v) is 8.34. The summed E-state index contributed by atoms with van der Waals surface area (Å²) in [5, 5.41) is 3.94. The molecule has 0 unspecified atom stereocenters. The third kappa shape index (κ3) is 5.46. The highest BCUT2D eigenvalue weighted by Gasteiger charge is 2.15. The lowest BCUT2D eigenvalue weighted by molar-refractivity contribution is -0.123. The number of carbonyl (C=O) groups excluding carboxylic acids is 1. The van der Waals surface area contributed by atoms with E-state index in [1.165, 1.54) is 0 Å². The third-order valence-corrected chi connectivity index (χ3v) is 5.61. The number of rotatable bonds is 8. The van der Waals surface area contributed by atoms with Gasteiger partial charge in [-0.15, -0.1) is 0 Å². The predicted octanol–water partition coefficient (Wildman–Crippen LogP) is 5.53. The van der Waals surface area contributed by atoms with Gasteiger partial charge in [0.2, 0.25) is 5.43 Å². The first-order chi connectivity index (χ1) is 15.9. The van der Waals surface area contributed by atoms with E-state index in [2.05, 4.69) is 5.32 Å². The number of amides is 1. The summed E-state index contributed by atoms with van der Waals surface area (Å²) in [6.07, 6.45) is 3.14. The molecule has 0 aliphatic heterocycles. The van der Waals surface area contributed by atoms with Crippen LogP contribution in [0, 0.1) is 6.92 Å². The van der Waals surface area contributed by atoms with E-state index in [1.807, 2.05) is 19.1 Å². The Labute approximate surface area is 196 Å². The summed E-state index contributed by atoms with van der Waals surface area (Å²) in [6, 6.07) is 15.7. The van der Waals surface area contributed by atoms with E-state index in [4.69, 9.17) is 25.2 Å². The molecular weight excluding hydrogens is 442 g/mol. The van der Waals surface area contributed by atoms with Crippen molar-refractivity contribution >= 4 is 28.5 Å². The quantitative estimate of drug-likeness (QED) is 0.370. The molecule has 0 saturated carbocycles. The fourth-order valence-corrected chi connectivity index (χ4v) is 3.80. The highest BCUT2D eigenvalue weighted by atomic mass is 35.5. The third-order valence-electron chi connectivity index (χ3n) is 5.35. The number of nitrogens with one attached hydrogen (secondary N) is 1. The number of hydrogen-bond acceptors (Lipinski definition) is 5. The lowest BCUT2D eigenvalue weighted by atomic mass is 10.0. The van der Waals surface area contributed by atoms with Crippen molar-refractivity contribution in [1.82, 2.24) is 5.32 Å². The first-order valence-corrected chi connectivity index (χ1v) is 11.1. The van der Waals surface area contributed by atoms with Crippen molar-refractivity contribution < 1.29 is 18.4 Å². The van der Waals surface area contributed by atoms with Gasteiger partial charge in [-0.25, -0.2) is 0 Å². The minimum Gasteiger partial charge on any atom is -0.484 e. The zero-order valence-electron chi connectivity index (χ0n) is 18.4. The Morgan fingerprint density at radius 3 is 2.67 bits per heavy atom. The zero-order valence-corrected chi connectivity index (χ0v) is 19.1. The maximum Gasteiger partial charge on any atom is 0.258 e. The summed E-state index contributed by atoms with van der Waals surface area (Å²) in [6.45, 7) is 3.55. The molecule has 7 heteroatoms. The number of furan rings is 1. The molecule has 170 valence electrons. The lowest BCUT2D eigenvalue weighted by Crippen LogP contribution is -2.36. The van der Waals surface area contributed by atoms with Crippen LogP contribution < -0.4 is 15.5 Å². The molecule has 4 rings (SSSR count). The van der Waals surface area contributed by atoms with Crippen LogP contribution in [0.25, 0.3) is 22.1 Å². The number of ether oxygens (including phenoxy) is 1. The van der Waals surface area contributed by atoms with Crippen LogP contribution in [0.5, 0.6) is 5.75 Å². The van der Waals surface area contributed by atoms with Gasteiger partial charge in [-0.3, -0.25) is 9.59 Å². The van der Waals surface area contributed by atoms with Crippen LogP contribution in [-0.4, -0.2) is 18.6 Å². The first-order valence-electron chi connectivity index (χ1n) is 10.7. The van der Waals surface area contributed by atoms with Crippen LogP contribution >= 0.6 is 11.6 Å². The van der Waals surface area contributed by atoms with Crippen LogP contribution in [0.1, 0.15) is 24.9 Å². The summed E-state index contributed by atoms with van der Waals surface area (Å²) >= 11 is 5.96. The highest BCUT2D eigenvalue weighted by Crippen LogP contribution is 2.27. The maximum absolute atomic E-state index is 13.1. The van der Waals surface area contributed by atoms with Crippen molar-refractivity contribution in [3.8, 4) is 16.9 Å². The van der Waals surface area contributed by atoms with Crippen molar-refractivity contribution in [2.75, 3.05) is 6.61 Å². The SMILES string of the molecule is Cc1oc2cc(OCC(=O)N[C@H](C)CCc3ccco3)ccc2c(=O)c1-c1ccc(Cl)cc1. The second-order valence-electron chi connectivity index (χ2n) is 7.90. The Balaban J connectivity index is 1.41. The molecule has 4 aromatic rings. The topological polar surface area (TPSA) is 81.7 Å². The molecule has 0 bridgehead atoms. The normalized spacial score (nSPS) is 12.0. The molecule has 0 aliphatic carbocycles. The standard InChI is InChI=1S/C26H24ClNO5/c1-16(5-10-20-4-3-13-31-20)28-24(29)15-32-21-11-12-22-23(14-21)33-17(2)25(26(22)30)18-6-8-19(27)9-7-18/h3-4,6-9,11-14,16H,5,10,15H2,1-2H3,(H,28,29)/t16-/m1/s1. The Kier molecular flexibility index (Phi) is 6.84. The molecule has 2 heterocycles. The molecule has 1 N–H and O–H groups in total. The van der Waals surface area contributed by atoms with Gasteiger partial charge in [0.05, 0.1) is 17.2 Å². The summed E-state index contributed by atoms with van der Waals surface area (Å²) in [5.41, 5.74) is 1.51. The molecule has 6 nitrogen and oxygen atoms in total. The van der Waals surface area contributed by atoms with Gasteiger partial charge < -0.3 is 18.9 Å². The van der Waals surface area contributed by atoms with Crippen LogP contribution in [0.4, 0.5) is 0 Å². The second kappa shape index (κ2) is 9.96. The zero-order chi connectivity index (χ0) is 23.4. The van der Waals surface area contributed by atoms with Gasteiger partial charge >= 0.3 is 0 Å². The van der Waals surface area contributed by atoms with E-state index in [0.29, 0.717) is 33.1 Å². The Morgan fingerprint density at radius 2 is 1.94 bits per heavy atom. The number of carbonyl (C=O) groups is 1. The average Bonchev–Trinajstić information content (AvgIpc) is 3.31. The van der Waals surface area contributed by atoms with Crippen molar-refractivity contribution in [2.45, 2.75) is 32.7 Å². The molecule has 0 fully saturated rings. The molecule has 1 amide bonds. The maximum atomic E-state index is 13.1. The van der Waals surface area contributed by atoms with E-state index in [1.54, 1.807) is 55.7 Å². The molecule has 0 saturated heterocycles. The molecular formula is C26H24ClNO5. The Bertz CT molecular complexity index is 1310. The highest BCUT2D eigenvalue weighted by molar-refractivity contribution is 6.30. The molecule has 2 aromatic carbocycles. The van der Waals surface area contributed by atoms with Crippen LogP contribution in [-0.2, 0) is 11.2 Å². The summed E-state index contributed by atoms with van der Waals surface area (Å²) < 4.78 is 16.9. The number of fused-ring (bicyclic) bond motifs is 1. The van der Waals surface area contributed by atoms with E-state index in [9.17, 15) is 9.59 Å². The van der Waals surface area contributed by atoms with E-state index >= 15 is 0 Å². The van der Waals surface area contributed by atoms with Crippen LogP contribution in [0.3, 0.4) is 0 Å². The van der Waals surface area contributed by atoms with E-state index in [-0.39, 0.29) is 24.0 Å². The van der Waals surface area contributed by atoms with Crippen molar-refractivity contribution in [1.29, 1.82) is 0 Å². The van der Waals surface area contributed by atoms with Crippen LogP contribution in [0.15, 0.2) is 74.5 Å². The minimum atomic E-state index is -0.224. The smallest absolute Gasteiger partial charge is 0.258 e. The fraction of sp³-hybridized carbons (Fsp3) is 0.231. The van der Waals surface area contributed by atoms with Crippen molar-refractivity contribution in [3.05, 3.63) is 87.6 Å². The predicted molar refractivity (Wildman–Crippen MR) is 128 cm³/mol. The number of benzene rings is 2. The van der Waals surface area contributed by atoms with Crippen molar-refractivity contribution in [3.63, 3.8) is 0 Å². The average molecular weight is 466 g/mol. The Hall–Kier alpha value is -3.51. The van der Waals surface area contributed by atoms with Crippen molar-refractivity contribution in [2.24, 2.45) is 0 Å². The van der Waals surface area contributed by atoms with Gasteiger partial charge in [-0.05, 0) is 62.2 Å². The molecule has 0 aliphatic rings. The molecule has 0 radical (unpaired) electrons. The minimum absolute atomic E-state index is 0.0187. The van der Waals surface area contributed by atoms with Gasteiger partial charge in [0.15, 0.2) is 6.61 Å².